The Morgan fingerprint density at radius 3 is 1.72 bits per heavy atom. The molecule has 0 radical (unpaired) electrons. The fraction of sp³-hybridized carbons (Fsp3) is 0.259. The highest BCUT2D eigenvalue weighted by Crippen LogP contribution is 2.23. The fourth-order valence-electron chi connectivity index (χ4n) is 4.50. The van der Waals surface area contributed by atoms with E-state index in [1.165, 1.54) is 11.1 Å². The Hall–Kier alpha value is -3.44. The van der Waals surface area contributed by atoms with Gasteiger partial charge in [0.05, 0.1) is 6.54 Å². The first-order chi connectivity index (χ1) is 15.7. The number of piperazine rings is 1. The molecule has 2 unspecified atom stereocenters. The summed E-state index contributed by atoms with van der Waals surface area (Å²) in [6.07, 6.45) is 2.56. The number of aldehydes is 1. The summed E-state index contributed by atoms with van der Waals surface area (Å²) in [5.41, 5.74) is 3.20. The molecule has 2 atom stereocenters. The molecule has 1 fully saturated rings. The monoisotopic (exact) mass is 427 g/mol. The molecule has 0 saturated carbocycles. The van der Waals surface area contributed by atoms with Gasteiger partial charge in [-0.1, -0.05) is 78.9 Å². The number of nitrogens with one attached hydrogen (secondary N) is 1. The number of urea groups is 1. The maximum absolute atomic E-state index is 13.2. The van der Waals surface area contributed by atoms with Crippen LogP contribution in [-0.2, 0) is 17.6 Å². The van der Waals surface area contributed by atoms with E-state index in [1.807, 2.05) is 71.6 Å². The Balaban J connectivity index is 1.58. The molecule has 1 aliphatic heterocycles. The molecule has 32 heavy (non-hydrogen) atoms. The van der Waals surface area contributed by atoms with Gasteiger partial charge < -0.3 is 15.0 Å². The number of hydrogen-bond donors (Lipinski definition) is 1. The number of benzene rings is 3. The second-order valence-electron chi connectivity index (χ2n) is 8.25. The third-order valence-electron chi connectivity index (χ3n) is 6.03. The summed E-state index contributed by atoms with van der Waals surface area (Å²) >= 11 is 0. The topological polar surface area (TPSA) is 52.7 Å². The van der Waals surface area contributed by atoms with Gasteiger partial charge in [-0.2, -0.15) is 0 Å². The zero-order chi connectivity index (χ0) is 22.2. The van der Waals surface area contributed by atoms with Gasteiger partial charge in [0.2, 0.25) is 0 Å². The molecular formula is C27H29N3O2. The van der Waals surface area contributed by atoms with Crippen molar-refractivity contribution in [3.05, 3.63) is 102 Å². The van der Waals surface area contributed by atoms with Crippen LogP contribution in [0.15, 0.2) is 91.0 Å². The van der Waals surface area contributed by atoms with E-state index in [2.05, 4.69) is 34.5 Å². The molecular weight excluding hydrogens is 398 g/mol. The lowest BCUT2D eigenvalue weighted by Crippen LogP contribution is -2.62. The summed E-state index contributed by atoms with van der Waals surface area (Å²) in [5, 5.41) is 3.03. The molecule has 0 aromatic heterocycles. The van der Waals surface area contributed by atoms with Crippen LogP contribution in [0.5, 0.6) is 0 Å². The normalized spacial score (nSPS) is 18.8. The van der Waals surface area contributed by atoms with Gasteiger partial charge in [-0.25, -0.2) is 4.79 Å². The van der Waals surface area contributed by atoms with E-state index in [0.717, 1.165) is 24.8 Å². The Labute approximate surface area is 189 Å². The molecule has 0 bridgehead atoms. The highest BCUT2D eigenvalue weighted by Gasteiger charge is 2.36. The Bertz CT molecular complexity index is 944. The van der Waals surface area contributed by atoms with Gasteiger partial charge >= 0.3 is 6.03 Å². The van der Waals surface area contributed by atoms with Crippen molar-refractivity contribution >= 4 is 18.0 Å². The lowest BCUT2D eigenvalue weighted by atomic mass is 9.95. The van der Waals surface area contributed by atoms with E-state index < -0.39 is 0 Å². The van der Waals surface area contributed by atoms with Crippen LogP contribution in [-0.4, -0.2) is 53.8 Å². The van der Waals surface area contributed by atoms with Crippen molar-refractivity contribution in [2.75, 3.05) is 25.0 Å². The van der Waals surface area contributed by atoms with Gasteiger partial charge in [-0.15, -0.1) is 0 Å². The van der Waals surface area contributed by atoms with Crippen molar-refractivity contribution in [3.8, 4) is 0 Å². The molecule has 5 heteroatoms. The number of rotatable bonds is 7. The van der Waals surface area contributed by atoms with E-state index in [1.54, 1.807) is 0 Å². The fourth-order valence-corrected chi connectivity index (χ4v) is 4.50. The molecule has 3 aromatic rings. The van der Waals surface area contributed by atoms with E-state index in [9.17, 15) is 9.59 Å². The molecule has 4 rings (SSSR count). The average molecular weight is 428 g/mol. The minimum atomic E-state index is -0.0990. The SMILES string of the molecule is O=CCN1C(Cc2ccccc2)CN(C(=O)Nc2ccccc2)CC1Cc1ccccc1. The molecule has 2 amide bonds. The van der Waals surface area contributed by atoms with Gasteiger partial charge in [-0.05, 0) is 36.1 Å². The van der Waals surface area contributed by atoms with Crippen LogP contribution < -0.4 is 5.32 Å². The Morgan fingerprint density at radius 1 is 0.781 bits per heavy atom. The highest BCUT2D eigenvalue weighted by molar-refractivity contribution is 5.89. The van der Waals surface area contributed by atoms with E-state index >= 15 is 0 Å². The predicted octanol–water partition coefficient (Wildman–Crippen LogP) is 4.26. The van der Waals surface area contributed by atoms with Crippen molar-refractivity contribution in [3.63, 3.8) is 0 Å². The number of hydrogen-bond acceptors (Lipinski definition) is 3. The quantitative estimate of drug-likeness (QED) is 0.574. The summed E-state index contributed by atoms with van der Waals surface area (Å²) in [4.78, 5) is 28.9. The summed E-state index contributed by atoms with van der Waals surface area (Å²) in [6.45, 7) is 1.52. The van der Waals surface area contributed by atoms with Crippen LogP contribution in [0.4, 0.5) is 10.5 Å². The summed E-state index contributed by atoms with van der Waals surface area (Å²) in [6, 6.07) is 30.1. The number of amides is 2. The minimum Gasteiger partial charge on any atom is -0.321 e. The lowest BCUT2D eigenvalue weighted by molar-refractivity contribution is -0.110. The third-order valence-corrected chi connectivity index (χ3v) is 6.03. The standard InChI is InChI=1S/C27H29N3O2/c31-17-16-30-25(18-22-10-4-1-5-11-22)20-29(27(32)28-24-14-8-3-9-15-24)21-26(30)19-23-12-6-2-7-13-23/h1-15,17,25-26H,16,18-21H2,(H,28,32). The van der Waals surface area contributed by atoms with Crippen LogP contribution in [0.1, 0.15) is 11.1 Å². The Morgan fingerprint density at radius 2 is 1.25 bits per heavy atom. The van der Waals surface area contributed by atoms with Crippen molar-refractivity contribution in [2.45, 2.75) is 24.9 Å². The molecule has 0 spiro atoms. The number of para-hydroxylation sites is 1. The van der Waals surface area contributed by atoms with Gasteiger partial charge in [-0.3, -0.25) is 4.90 Å². The summed E-state index contributed by atoms with van der Waals surface area (Å²) in [5.74, 6) is 0. The zero-order valence-corrected chi connectivity index (χ0v) is 18.1. The molecule has 0 aliphatic carbocycles. The molecule has 1 aliphatic rings. The third kappa shape index (κ3) is 5.62. The van der Waals surface area contributed by atoms with E-state index in [-0.39, 0.29) is 18.1 Å². The number of nitrogens with zero attached hydrogens (tertiary/aromatic N) is 2. The molecule has 164 valence electrons. The van der Waals surface area contributed by atoms with Crippen molar-refractivity contribution in [2.24, 2.45) is 0 Å². The van der Waals surface area contributed by atoms with E-state index in [0.29, 0.717) is 19.6 Å². The van der Waals surface area contributed by atoms with Gasteiger partial charge in [0.15, 0.2) is 0 Å². The number of carbonyl (C=O) groups excluding carboxylic acids is 2. The molecule has 1 N–H and O–H groups in total. The molecule has 5 nitrogen and oxygen atoms in total. The van der Waals surface area contributed by atoms with Gasteiger partial charge in [0.25, 0.3) is 0 Å². The van der Waals surface area contributed by atoms with Crippen molar-refractivity contribution in [1.82, 2.24) is 9.80 Å². The first kappa shape index (κ1) is 21.8. The van der Waals surface area contributed by atoms with Crippen LogP contribution >= 0.6 is 0 Å². The largest absolute Gasteiger partial charge is 0.321 e. The zero-order valence-electron chi connectivity index (χ0n) is 18.1. The first-order valence-electron chi connectivity index (χ1n) is 11.1. The number of carbonyl (C=O) groups is 2. The van der Waals surface area contributed by atoms with Gasteiger partial charge in [0, 0.05) is 30.9 Å². The van der Waals surface area contributed by atoms with Crippen LogP contribution in [0, 0.1) is 0 Å². The molecule has 3 aromatic carbocycles. The second-order valence-corrected chi connectivity index (χ2v) is 8.25. The van der Waals surface area contributed by atoms with Gasteiger partial charge in [0.1, 0.15) is 6.29 Å². The maximum atomic E-state index is 13.2. The summed E-state index contributed by atoms with van der Waals surface area (Å²) < 4.78 is 0. The van der Waals surface area contributed by atoms with E-state index in [4.69, 9.17) is 0 Å². The van der Waals surface area contributed by atoms with Crippen molar-refractivity contribution in [1.29, 1.82) is 0 Å². The predicted molar refractivity (Wildman–Crippen MR) is 128 cm³/mol. The van der Waals surface area contributed by atoms with Crippen LogP contribution in [0.3, 0.4) is 0 Å². The maximum Gasteiger partial charge on any atom is 0.321 e. The summed E-state index contributed by atoms with van der Waals surface area (Å²) in [7, 11) is 0. The molecule has 1 saturated heterocycles. The Kier molecular flexibility index (Phi) is 7.31. The highest BCUT2D eigenvalue weighted by atomic mass is 16.2. The van der Waals surface area contributed by atoms with Crippen LogP contribution in [0.2, 0.25) is 0 Å². The second kappa shape index (κ2) is 10.7. The van der Waals surface area contributed by atoms with Crippen LogP contribution in [0.25, 0.3) is 0 Å². The van der Waals surface area contributed by atoms with Crippen molar-refractivity contribution < 1.29 is 9.59 Å². The smallest absolute Gasteiger partial charge is 0.321 e. The first-order valence-corrected chi connectivity index (χ1v) is 11.1. The minimum absolute atomic E-state index is 0.0617. The molecule has 1 heterocycles. The average Bonchev–Trinajstić information content (AvgIpc) is 2.83. The lowest BCUT2D eigenvalue weighted by Gasteiger charge is -2.46. The number of anilines is 1.